The predicted octanol–water partition coefficient (Wildman–Crippen LogP) is 4.62. The minimum absolute atomic E-state index is 0.0170. The molecule has 2 heterocycles. The van der Waals surface area contributed by atoms with E-state index < -0.39 is 11.9 Å². The molecule has 0 bridgehead atoms. The van der Waals surface area contributed by atoms with E-state index >= 15 is 0 Å². The van der Waals surface area contributed by atoms with Crippen LogP contribution in [0.4, 0.5) is 11.4 Å². The van der Waals surface area contributed by atoms with Gasteiger partial charge in [0.2, 0.25) is 17.7 Å². The van der Waals surface area contributed by atoms with Crippen LogP contribution < -0.4 is 10.2 Å². The second-order valence-electron chi connectivity index (χ2n) is 10.3. The third-order valence-corrected chi connectivity index (χ3v) is 8.06. The molecular formula is C29H33N5O4S. The Hall–Kier alpha value is -3.71. The van der Waals surface area contributed by atoms with E-state index in [1.54, 1.807) is 35.2 Å². The highest BCUT2D eigenvalue weighted by molar-refractivity contribution is 8.00. The number of benzene rings is 1. The third-order valence-electron chi connectivity index (χ3n) is 7.09. The third kappa shape index (κ3) is 6.48. The maximum Gasteiger partial charge on any atom is 0.257 e. The molecule has 1 saturated heterocycles. The lowest BCUT2D eigenvalue weighted by molar-refractivity contribution is -0.139. The summed E-state index contributed by atoms with van der Waals surface area (Å²) in [5.41, 5.74) is 2.21. The minimum Gasteiger partial charge on any atom is -0.326 e. The molecule has 2 aliphatic rings. The van der Waals surface area contributed by atoms with Gasteiger partial charge in [0.05, 0.1) is 23.4 Å². The van der Waals surface area contributed by atoms with Gasteiger partial charge in [0.1, 0.15) is 17.1 Å². The number of nitrogens with zero attached hydrogens (tertiary/aromatic N) is 4. The van der Waals surface area contributed by atoms with Crippen molar-refractivity contribution in [2.45, 2.75) is 82.3 Å². The number of thioether (sulfide) groups is 1. The van der Waals surface area contributed by atoms with Crippen molar-refractivity contribution < 1.29 is 19.2 Å². The molecule has 10 heteroatoms. The van der Waals surface area contributed by atoms with Gasteiger partial charge >= 0.3 is 0 Å². The molecule has 39 heavy (non-hydrogen) atoms. The van der Waals surface area contributed by atoms with Gasteiger partial charge in [0.15, 0.2) is 0 Å². The molecule has 2 fully saturated rings. The van der Waals surface area contributed by atoms with Crippen LogP contribution in [0.25, 0.3) is 0 Å². The van der Waals surface area contributed by atoms with Crippen LogP contribution in [0.2, 0.25) is 0 Å². The standard InChI is InChI=1S/C29H33N5O4S/c1-18(2)24-14-9-20(16-30)28(32-24)39-17-27(37)33(22-7-5-4-6-8-22)25-15-26(36)34(29(25)38)23-12-10-21(11-13-23)31-19(3)35/h9-14,18,22,25H,4-8,15,17H2,1-3H3,(H,31,35). The summed E-state index contributed by atoms with van der Waals surface area (Å²) in [6, 6.07) is 11.2. The first-order valence-corrected chi connectivity index (χ1v) is 14.3. The Morgan fingerprint density at radius 1 is 1.13 bits per heavy atom. The number of amides is 4. The van der Waals surface area contributed by atoms with Gasteiger partial charge in [-0.25, -0.2) is 9.88 Å². The van der Waals surface area contributed by atoms with Crippen LogP contribution in [0, 0.1) is 11.3 Å². The Bertz CT molecular complexity index is 1300. The van der Waals surface area contributed by atoms with Gasteiger partial charge in [-0.05, 0) is 55.2 Å². The Labute approximate surface area is 232 Å². The highest BCUT2D eigenvalue weighted by Gasteiger charge is 2.46. The lowest BCUT2D eigenvalue weighted by Crippen LogP contribution is -2.52. The summed E-state index contributed by atoms with van der Waals surface area (Å²) in [6.07, 6.45) is 4.48. The second kappa shape index (κ2) is 12.4. The summed E-state index contributed by atoms with van der Waals surface area (Å²) in [5, 5.41) is 12.7. The Balaban J connectivity index is 1.56. The van der Waals surface area contributed by atoms with Crippen LogP contribution in [-0.4, -0.2) is 51.3 Å². The molecule has 1 aromatic carbocycles. The summed E-state index contributed by atoms with van der Waals surface area (Å²) in [7, 11) is 0. The maximum atomic E-state index is 13.7. The van der Waals surface area contributed by atoms with Crippen LogP contribution in [0.15, 0.2) is 41.4 Å². The van der Waals surface area contributed by atoms with Crippen molar-refractivity contribution in [3.8, 4) is 6.07 Å². The fourth-order valence-corrected chi connectivity index (χ4v) is 6.02. The smallest absolute Gasteiger partial charge is 0.257 e. The topological polar surface area (TPSA) is 123 Å². The fourth-order valence-electron chi connectivity index (χ4n) is 5.17. The number of carbonyl (C=O) groups excluding carboxylic acids is 4. The number of imide groups is 1. The van der Waals surface area contributed by atoms with Gasteiger partial charge in [0.25, 0.3) is 5.91 Å². The van der Waals surface area contributed by atoms with Crippen LogP contribution in [-0.2, 0) is 19.2 Å². The Kier molecular flexibility index (Phi) is 9.02. The van der Waals surface area contributed by atoms with Gasteiger partial charge in [-0.15, -0.1) is 0 Å². The summed E-state index contributed by atoms with van der Waals surface area (Å²) >= 11 is 1.20. The lowest BCUT2D eigenvalue weighted by Gasteiger charge is -2.37. The van der Waals surface area contributed by atoms with Crippen molar-refractivity contribution >= 4 is 46.8 Å². The molecule has 204 valence electrons. The first kappa shape index (κ1) is 28.3. The molecule has 1 unspecified atom stereocenters. The number of anilines is 2. The monoisotopic (exact) mass is 547 g/mol. The quantitative estimate of drug-likeness (QED) is 0.378. The SMILES string of the molecule is CC(=O)Nc1ccc(N2C(=O)CC(N(C(=O)CSc3nc(C(C)C)ccc3C#N)C3CCCCC3)C2=O)cc1. The molecule has 2 aromatic rings. The largest absolute Gasteiger partial charge is 0.326 e. The first-order valence-electron chi connectivity index (χ1n) is 13.3. The van der Waals surface area contributed by atoms with Crippen LogP contribution >= 0.6 is 11.8 Å². The number of pyridine rings is 1. The van der Waals surface area contributed by atoms with E-state index in [1.807, 2.05) is 19.9 Å². The maximum absolute atomic E-state index is 13.7. The molecule has 0 spiro atoms. The average Bonchev–Trinajstić information content (AvgIpc) is 3.21. The fraction of sp³-hybridized carbons (Fsp3) is 0.448. The normalized spacial score (nSPS) is 17.8. The summed E-state index contributed by atoms with van der Waals surface area (Å²) in [6.45, 7) is 5.43. The number of hydrogen-bond donors (Lipinski definition) is 1. The van der Waals surface area contributed by atoms with E-state index in [1.165, 1.54) is 18.7 Å². The summed E-state index contributed by atoms with van der Waals surface area (Å²) in [5.74, 6) is -1.05. The Morgan fingerprint density at radius 2 is 1.82 bits per heavy atom. The summed E-state index contributed by atoms with van der Waals surface area (Å²) < 4.78 is 0. The van der Waals surface area contributed by atoms with Crippen LogP contribution in [0.1, 0.15) is 76.5 Å². The zero-order valence-corrected chi connectivity index (χ0v) is 23.3. The van der Waals surface area contributed by atoms with Crippen molar-refractivity contribution in [3.05, 3.63) is 47.7 Å². The summed E-state index contributed by atoms with van der Waals surface area (Å²) in [4.78, 5) is 59.2. The van der Waals surface area contributed by atoms with Gasteiger partial charge in [-0.2, -0.15) is 5.26 Å². The zero-order valence-electron chi connectivity index (χ0n) is 22.5. The van der Waals surface area contributed by atoms with E-state index in [-0.39, 0.29) is 41.9 Å². The number of nitrogens with one attached hydrogen (secondary N) is 1. The number of hydrogen-bond acceptors (Lipinski definition) is 7. The molecule has 1 aromatic heterocycles. The lowest BCUT2D eigenvalue weighted by atomic mass is 9.92. The van der Waals surface area contributed by atoms with E-state index in [2.05, 4.69) is 16.4 Å². The Morgan fingerprint density at radius 3 is 2.44 bits per heavy atom. The highest BCUT2D eigenvalue weighted by atomic mass is 32.2. The van der Waals surface area contributed by atoms with Gasteiger partial charge in [-0.1, -0.05) is 44.9 Å². The van der Waals surface area contributed by atoms with Gasteiger partial charge < -0.3 is 10.2 Å². The second-order valence-corrected chi connectivity index (χ2v) is 11.2. The molecule has 0 radical (unpaired) electrons. The molecule has 1 atom stereocenters. The van der Waals surface area contributed by atoms with Gasteiger partial charge in [-0.3, -0.25) is 19.2 Å². The van der Waals surface area contributed by atoms with E-state index in [0.717, 1.165) is 42.7 Å². The van der Waals surface area contributed by atoms with Crippen molar-refractivity contribution in [1.82, 2.24) is 9.88 Å². The molecule has 9 nitrogen and oxygen atoms in total. The molecule has 1 saturated carbocycles. The van der Waals surface area contributed by atoms with Crippen molar-refractivity contribution in [1.29, 1.82) is 5.26 Å². The van der Waals surface area contributed by atoms with Crippen LogP contribution in [0.5, 0.6) is 0 Å². The van der Waals surface area contributed by atoms with Gasteiger partial charge in [0, 0.05) is 24.3 Å². The first-order chi connectivity index (χ1) is 18.7. The number of nitriles is 1. The van der Waals surface area contributed by atoms with E-state index in [0.29, 0.717) is 22.0 Å². The number of rotatable bonds is 8. The van der Waals surface area contributed by atoms with E-state index in [4.69, 9.17) is 0 Å². The minimum atomic E-state index is -0.880. The molecule has 1 aliphatic carbocycles. The zero-order chi connectivity index (χ0) is 28.1. The molecular weight excluding hydrogens is 514 g/mol. The van der Waals surface area contributed by atoms with Crippen molar-refractivity contribution in [3.63, 3.8) is 0 Å². The van der Waals surface area contributed by atoms with Crippen molar-refractivity contribution in [2.24, 2.45) is 0 Å². The average molecular weight is 548 g/mol. The van der Waals surface area contributed by atoms with E-state index in [9.17, 15) is 24.4 Å². The molecule has 4 rings (SSSR count). The molecule has 1 aliphatic heterocycles. The predicted molar refractivity (Wildman–Crippen MR) is 149 cm³/mol. The number of carbonyl (C=O) groups is 4. The highest BCUT2D eigenvalue weighted by Crippen LogP contribution is 2.33. The number of aromatic nitrogens is 1. The molecule has 1 N–H and O–H groups in total. The van der Waals surface area contributed by atoms with Crippen LogP contribution in [0.3, 0.4) is 0 Å². The molecule has 4 amide bonds. The van der Waals surface area contributed by atoms with Crippen molar-refractivity contribution in [2.75, 3.05) is 16.0 Å².